The number of hydrogen-bond donors (Lipinski definition) is 0. The summed E-state index contributed by atoms with van der Waals surface area (Å²) < 4.78 is 28.0. The van der Waals surface area contributed by atoms with Crippen LogP contribution in [-0.2, 0) is 16.6 Å². The fourth-order valence-corrected chi connectivity index (χ4v) is 3.26. The van der Waals surface area contributed by atoms with Gasteiger partial charge in [-0.15, -0.1) is 0 Å². The molecule has 0 atom stereocenters. The molecule has 0 aliphatic heterocycles. The minimum absolute atomic E-state index is 0.159. The lowest BCUT2D eigenvalue weighted by molar-refractivity contribution is 0.593. The molecule has 0 unspecified atom stereocenters. The van der Waals surface area contributed by atoms with E-state index in [2.05, 4.69) is 10.1 Å². The van der Waals surface area contributed by atoms with E-state index in [9.17, 15) is 8.42 Å². The van der Waals surface area contributed by atoms with Crippen molar-refractivity contribution >= 4 is 26.7 Å². The fourth-order valence-electron chi connectivity index (χ4n) is 2.16. The molecule has 0 amide bonds. The lowest BCUT2D eigenvalue weighted by Crippen LogP contribution is -2.27. The zero-order chi connectivity index (χ0) is 15.7. The van der Waals surface area contributed by atoms with Crippen molar-refractivity contribution < 1.29 is 8.42 Å². The smallest absolute Gasteiger partial charge is 0.268 e. The predicted molar refractivity (Wildman–Crippen MR) is 85.2 cm³/mol. The third kappa shape index (κ3) is 2.43. The first-order chi connectivity index (χ1) is 10.5. The van der Waals surface area contributed by atoms with Crippen LogP contribution in [0, 0.1) is 0 Å². The highest BCUT2D eigenvalue weighted by Crippen LogP contribution is 2.22. The molecular formula is C15H16N4O2S. The fraction of sp³-hybridized carbons (Fsp3) is 0.200. The molecule has 1 aromatic carbocycles. The van der Waals surface area contributed by atoms with Gasteiger partial charge in [0.05, 0.1) is 11.7 Å². The van der Waals surface area contributed by atoms with Crippen molar-refractivity contribution in [3.63, 3.8) is 0 Å². The summed E-state index contributed by atoms with van der Waals surface area (Å²) in [5.74, 6) is 0.378. The van der Waals surface area contributed by atoms with Gasteiger partial charge in [0.25, 0.3) is 10.0 Å². The third-order valence-corrected chi connectivity index (χ3v) is 5.21. The molecule has 6 nitrogen and oxygen atoms in total. The first-order valence-corrected chi connectivity index (χ1v) is 8.33. The van der Waals surface area contributed by atoms with Gasteiger partial charge in [0.1, 0.15) is 10.7 Å². The largest absolute Gasteiger partial charge is 0.272 e. The molecule has 0 saturated heterocycles. The van der Waals surface area contributed by atoms with Crippen LogP contribution >= 0.6 is 0 Å². The van der Waals surface area contributed by atoms with Gasteiger partial charge in [-0.1, -0.05) is 18.2 Å². The summed E-state index contributed by atoms with van der Waals surface area (Å²) in [7, 11) is -2.17. The molecular weight excluding hydrogens is 300 g/mol. The predicted octanol–water partition coefficient (Wildman–Crippen LogP) is 2.28. The van der Waals surface area contributed by atoms with Crippen LogP contribution in [0.3, 0.4) is 0 Å². The number of sulfonamides is 1. The number of aryl methyl sites for hydroxylation is 1. The first-order valence-electron chi connectivity index (χ1n) is 6.89. The topological polar surface area (TPSA) is 68.1 Å². The highest BCUT2D eigenvalue weighted by atomic mass is 32.2. The summed E-state index contributed by atoms with van der Waals surface area (Å²) in [4.78, 5) is 4.57. The quantitative estimate of drug-likeness (QED) is 0.740. The number of hydrogen-bond acceptors (Lipinski definition) is 4. The van der Waals surface area contributed by atoms with Gasteiger partial charge in [-0.2, -0.15) is 5.10 Å². The SMILES string of the molecule is CCn1cc(S(=O)(=O)N(C)c2ccc3ccccc3n2)cn1. The number of benzene rings is 1. The number of nitrogens with zero attached hydrogens (tertiary/aromatic N) is 4. The standard InChI is InChI=1S/C15H16N4O2S/c1-3-19-11-13(10-16-19)22(20,21)18(2)15-9-8-12-6-4-5-7-14(12)17-15/h4-11H,3H2,1-2H3. The molecule has 22 heavy (non-hydrogen) atoms. The van der Waals surface area contributed by atoms with Crippen molar-refractivity contribution in [2.75, 3.05) is 11.4 Å². The Hall–Kier alpha value is -2.41. The Morgan fingerprint density at radius 3 is 2.68 bits per heavy atom. The average molecular weight is 316 g/mol. The Morgan fingerprint density at radius 2 is 1.95 bits per heavy atom. The second-order valence-electron chi connectivity index (χ2n) is 4.87. The molecule has 0 spiro atoms. The molecule has 0 saturated carbocycles. The van der Waals surface area contributed by atoms with E-state index < -0.39 is 10.0 Å². The van der Waals surface area contributed by atoms with Crippen LogP contribution in [-0.4, -0.2) is 30.2 Å². The molecule has 114 valence electrons. The lowest BCUT2D eigenvalue weighted by atomic mass is 10.2. The highest BCUT2D eigenvalue weighted by molar-refractivity contribution is 7.92. The van der Waals surface area contributed by atoms with Crippen LogP contribution in [0.4, 0.5) is 5.82 Å². The molecule has 0 aliphatic rings. The minimum atomic E-state index is -3.66. The maximum absolute atomic E-state index is 12.6. The van der Waals surface area contributed by atoms with Crippen molar-refractivity contribution in [2.45, 2.75) is 18.4 Å². The monoisotopic (exact) mass is 316 g/mol. The summed E-state index contributed by atoms with van der Waals surface area (Å²) in [6.45, 7) is 2.52. The highest BCUT2D eigenvalue weighted by Gasteiger charge is 2.24. The molecule has 0 bridgehead atoms. The number of pyridine rings is 1. The van der Waals surface area contributed by atoms with Crippen LogP contribution in [0.2, 0.25) is 0 Å². The number of anilines is 1. The Bertz CT molecular complexity index is 918. The second-order valence-corrected chi connectivity index (χ2v) is 6.84. The van der Waals surface area contributed by atoms with Crippen LogP contribution in [0.25, 0.3) is 10.9 Å². The van der Waals surface area contributed by atoms with Crippen molar-refractivity contribution in [1.82, 2.24) is 14.8 Å². The Labute approximate surface area is 129 Å². The molecule has 7 heteroatoms. The summed E-state index contributed by atoms with van der Waals surface area (Å²) in [5, 5.41) is 4.99. The van der Waals surface area contributed by atoms with Gasteiger partial charge in [0, 0.05) is 25.2 Å². The van der Waals surface area contributed by atoms with E-state index in [1.54, 1.807) is 10.7 Å². The van der Waals surface area contributed by atoms with Gasteiger partial charge in [0.2, 0.25) is 0 Å². The van der Waals surface area contributed by atoms with E-state index in [-0.39, 0.29) is 4.90 Å². The second kappa shape index (κ2) is 5.42. The minimum Gasteiger partial charge on any atom is -0.272 e. The van der Waals surface area contributed by atoms with E-state index in [0.29, 0.717) is 12.4 Å². The van der Waals surface area contributed by atoms with Crippen molar-refractivity contribution in [1.29, 1.82) is 0 Å². The summed E-state index contributed by atoms with van der Waals surface area (Å²) in [6, 6.07) is 11.1. The van der Waals surface area contributed by atoms with E-state index in [4.69, 9.17) is 0 Å². The van der Waals surface area contributed by atoms with E-state index in [0.717, 1.165) is 10.9 Å². The van der Waals surface area contributed by atoms with Gasteiger partial charge in [-0.05, 0) is 25.1 Å². The molecule has 3 rings (SSSR count). The zero-order valence-corrected chi connectivity index (χ0v) is 13.2. The molecule has 2 heterocycles. The van der Waals surface area contributed by atoms with E-state index in [1.165, 1.54) is 23.7 Å². The maximum atomic E-state index is 12.6. The molecule has 2 aromatic heterocycles. The molecule has 0 fully saturated rings. The summed E-state index contributed by atoms with van der Waals surface area (Å²) in [6.07, 6.45) is 2.88. The molecule has 3 aromatic rings. The molecule has 0 radical (unpaired) electrons. The van der Waals surface area contributed by atoms with E-state index in [1.807, 2.05) is 37.3 Å². The number of rotatable bonds is 4. The van der Waals surface area contributed by atoms with E-state index >= 15 is 0 Å². The van der Waals surface area contributed by atoms with Crippen molar-refractivity contribution in [3.8, 4) is 0 Å². The Balaban J connectivity index is 2.01. The van der Waals surface area contributed by atoms with Crippen LogP contribution < -0.4 is 4.31 Å². The lowest BCUT2D eigenvalue weighted by Gasteiger charge is -2.17. The van der Waals surface area contributed by atoms with Gasteiger partial charge in [0.15, 0.2) is 0 Å². The Kier molecular flexibility index (Phi) is 3.58. The first kappa shape index (κ1) is 14.5. The number of aromatic nitrogens is 3. The molecule has 0 aliphatic carbocycles. The number of para-hydroxylation sites is 1. The number of fused-ring (bicyclic) bond motifs is 1. The summed E-state index contributed by atoms with van der Waals surface area (Å²) >= 11 is 0. The third-order valence-electron chi connectivity index (χ3n) is 3.50. The van der Waals surface area contributed by atoms with Crippen LogP contribution in [0.5, 0.6) is 0 Å². The van der Waals surface area contributed by atoms with Crippen molar-refractivity contribution in [3.05, 3.63) is 48.8 Å². The van der Waals surface area contributed by atoms with Gasteiger partial charge in [-0.25, -0.2) is 13.4 Å². The van der Waals surface area contributed by atoms with Crippen LogP contribution in [0.1, 0.15) is 6.92 Å². The zero-order valence-electron chi connectivity index (χ0n) is 12.3. The van der Waals surface area contributed by atoms with Gasteiger partial charge < -0.3 is 0 Å². The maximum Gasteiger partial charge on any atom is 0.268 e. The van der Waals surface area contributed by atoms with Crippen molar-refractivity contribution in [2.24, 2.45) is 0 Å². The van der Waals surface area contributed by atoms with Crippen LogP contribution in [0.15, 0.2) is 53.7 Å². The Morgan fingerprint density at radius 1 is 1.18 bits per heavy atom. The van der Waals surface area contributed by atoms with Gasteiger partial charge >= 0.3 is 0 Å². The van der Waals surface area contributed by atoms with Gasteiger partial charge in [-0.3, -0.25) is 8.99 Å². The normalized spacial score (nSPS) is 11.7. The average Bonchev–Trinajstić information content (AvgIpc) is 3.03. The summed E-state index contributed by atoms with van der Waals surface area (Å²) in [5.41, 5.74) is 0.756. The molecule has 0 N–H and O–H groups in total.